The van der Waals surface area contributed by atoms with Crippen LogP contribution in [0.2, 0.25) is 0 Å². The molecule has 1 heterocycles. The third-order valence-corrected chi connectivity index (χ3v) is 6.86. The molecule has 0 spiro atoms. The van der Waals surface area contributed by atoms with E-state index < -0.39 is 21.2 Å². The van der Waals surface area contributed by atoms with Gasteiger partial charge in [0.15, 0.2) is 15.8 Å². The van der Waals surface area contributed by atoms with Gasteiger partial charge in [0.2, 0.25) is 5.75 Å². The molecule has 39 heavy (non-hydrogen) atoms. The lowest BCUT2D eigenvalue weighted by atomic mass is 10.1. The summed E-state index contributed by atoms with van der Waals surface area (Å²) in [5.41, 5.74) is 1.28. The molecule has 200 valence electrons. The van der Waals surface area contributed by atoms with Crippen LogP contribution < -0.4 is 19.3 Å². The van der Waals surface area contributed by atoms with E-state index in [-0.39, 0.29) is 29.8 Å². The standard InChI is InChI=1S/C26H22N4O7S2/c1-4-36-23-13-16(5-11-22(23)37-21-12-10-19(29(32)33)15-20(21)30(34)35)14-24-25(31)28(26(38)39-24)18-8-6-17(7-9-18)27(2)3/h5-15H,4H2,1-3H3/b24-14+. The highest BCUT2D eigenvalue weighted by molar-refractivity contribution is 8.27. The van der Waals surface area contributed by atoms with Gasteiger partial charge >= 0.3 is 5.69 Å². The van der Waals surface area contributed by atoms with E-state index in [9.17, 15) is 25.0 Å². The molecule has 1 fully saturated rings. The van der Waals surface area contributed by atoms with Crippen molar-refractivity contribution < 1.29 is 24.1 Å². The van der Waals surface area contributed by atoms with Crippen molar-refractivity contribution in [1.29, 1.82) is 0 Å². The van der Waals surface area contributed by atoms with Crippen LogP contribution in [0.1, 0.15) is 12.5 Å². The summed E-state index contributed by atoms with van der Waals surface area (Å²) in [7, 11) is 3.86. The van der Waals surface area contributed by atoms with Crippen LogP contribution in [0.4, 0.5) is 22.7 Å². The van der Waals surface area contributed by atoms with Crippen LogP contribution in [-0.2, 0) is 4.79 Å². The molecule has 11 nitrogen and oxygen atoms in total. The highest BCUT2D eigenvalue weighted by atomic mass is 32.2. The van der Waals surface area contributed by atoms with E-state index in [1.807, 2.05) is 43.3 Å². The lowest BCUT2D eigenvalue weighted by Crippen LogP contribution is -2.27. The summed E-state index contributed by atoms with van der Waals surface area (Å²) >= 11 is 6.64. The summed E-state index contributed by atoms with van der Waals surface area (Å²) in [5, 5.41) is 22.5. The van der Waals surface area contributed by atoms with E-state index >= 15 is 0 Å². The molecule has 0 aliphatic carbocycles. The Morgan fingerprint density at radius 3 is 2.28 bits per heavy atom. The Bertz CT molecular complexity index is 1510. The maximum absolute atomic E-state index is 13.2. The van der Waals surface area contributed by atoms with E-state index in [1.165, 1.54) is 16.7 Å². The number of ether oxygens (including phenoxy) is 2. The molecule has 3 aromatic carbocycles. The van der Waals surface area contributed by atoms with Gasteiger partial charge in [0.05, 0.1) is 33.1 Å². The van der Waals surface area contributed by atoms with Crippen molar-refractivity contribution in [3.63, 3.8) is 0 Å². The Kier molecular flexibility index (Phi) is 8.12. The van der Waals surface area contributed by atoms with Crippen LogP contribution in [0, 0.1) is 20.2 Å². The summed E-state index contributed by atoms with van der Waals surface area (Å²) < 4.78 is 11.8. The number of nitro benzene ring substituents is 2. The van der Waals surface area contributed by atoms with Gasteiger partial charge in [0.1, 0.15) is 0 Å². The number of nitro groups is 2. The Morgan fingerprint density at radius 1 is 0.974 bits per heavy atom. The Hall–Kier alpha value is -4.49. The number of hydrogen-bond acceptors (Lipinski definition) is 10. The average molecular weight is 567 g/mol. The zero-order valence-corrected chi connectivity index (χ0v) is 22.7. The highest BCUT2D eigenvalue weighted by Crippen LogP contribution is 2.40. The van der Waals surface area contributed by atoms with E-state index in [2.05, 4.69) is 0 Å². The molecule has 1 aliphatic rings. The second kappa shape index (κ2) is 11.5. The number of carbonyl (C=O) groups excluding carboxylic acids is 1. The fraction of sp³-hybridized carbons (Fsp3) is 0.154. The molecule has 1 aliphatic heterocycles. The lowest BCUT2D eigenvalue weighted by Gasteiger charge is -2.17. The van der Waals surface area contributed by atoms with Crippen molar-refractivity contribution in [3.8, 4) is 17.2 Å². The van der Waals surface area contributed by atoms with Crippen molar-refractivity contribution >= 4 is 63.0 Å². The number of thioether (sulfide) groups is 1. The van der Waals surface area contributed by atoms with E-state index in [0.717, 1.165) is 23.9 Å². The normalized spacial score (nSPS) is 14.0. The molecular weight excluding hydrogens is 544 g/mol. The zero-order valence-electron chi connectivity index (χ0n) is 21.0. The largest absolute Gasteiger partial charge is 0.490 e. The Morgan fingerprint density at radius 2 is 1.67 bits per heavy atom. The number of carbonyl (C=O) groups is 1. The minimum Gasteiger partial charge on any atom is -0.490 e. The predicted octanol–water partition coefficient (Wildman–Crippen LogP) is 6.17. The van der Waals surface area contributed by atoms with Crippen molar-refractivity contribution in [3.05, 3.63) is 91.4 Å². The fourth-order valence-electron chi connectivity index (χ4n) is 3.68. The second-order valence-corrected chi connectivity index (χ2v) is 10.0. The first-order valence-corrected chi connectivity index (χ1v) is 12.7. The first kappa shape index (κ1) is 27.5. The molecule has 3 aromatic rings. The molecule has 0 N–H and O–H groups in total. The van der Waals surface area contributed by atoms with Crippen LogP contribution in [0.15, 0.2) is 65.6 Å². The van der Waals surface area contributed by atoms with Crippen LogP contribution in [-0.4, -0.2) is 40.8 Å². The van der Waals surface area contributed by atoms with Crippen molar-refractivity contribution in [1.82, 2.24) is 0 Å². The average Bonchev–Trinajstić information content (AvgIpc) is 3.17. The van der Waals surface area contributed by atoms with Gasteiger partial charge in [0, 0.05) is 25.8 Å². The summed E-state index contributed by atoms with van der Waals surface area (Å²) in [6.45, 7) is 2.03. The van der Waals surface area contributed by atoms with E-state index in [4.69, 9.17) is 21.7 Å². The smallest absolute Gasteiger partial charge is 0.318 e. The van der Waals surface area contributed by atoms with Gasteiger partial charge in [0.25, 0.3) is 11.6 Å². The fourth-order valence-corrected chi connectivity index (χ4v) is 4.97. The second-order valence-electron chi connectivity index (χ2n) is 8.34. The van der Waals surface area contributed by atoms with Crippen LogP contribution in [0.5, 0.6) is 17.2 Å². The third kappa shape index (κ3) is 5.99. The summed E-state index contributed by atoms with van der Waals surface area (Å²) in [4.78, 5) is 38.1. The van der Waals surface area contributed by atoms with Crippen LogP contribution in [0.25, 0.3) is 6.08 Å². The van der Waals surface area contributed by atoms with E-state index in [1.54, 1.807) is 31.2 Å². The molecule has 0 radical (unpaired) electrons. The predicted molar refractivity (Wildman–Crippen MR) is 154 cm³/mol. The Balaban J connectivity index is 1.62. The summed E-state index contributed by atoms with van der Waals surface area (Å²) in [5.74, 6) is -0.00371. The minimum absolute atomic E-state index is 0.166. The van der Waals surface area contributed by atoms with Gasteiger partial charge in [-0.05, 0) is 61.0 Å². The summed E-state index contributed by atoms with van der Waals surface area (Å²) in [6, 6.07) is 15.4. The van der Waals surface area contributed by atoms with Gasteiger partial charge in [-0.2, -0.15) is 0 Å². The number of benzene rings is 3. The number of hydrogen-bond donors (Lipinski definition) is 0. The van der Waals surface area contributed by atoms with Gasteiger partial charge in [-0.1, -0.05) is 30.0 Å². The number of non-ortho nitro benzene ring substituents is 1. The molecule has 1 amide bonds. The third-order valence-electron chi connectivity index (χ3n) is 5.55. The quantitative estimate of drug-likeness (QED) is 0.128. The molecule has 0 bridgehead atoms. The van der Waals surface area contributed by atoms with Crippen molar-refractivity contribution in [2.75, 3.05) is 30.5 Å². The van der Waals surface area contributed by atoms with Gasteiger partial charge in [-0.15, -0.1) is 0 Å². The molecule has 0 atom stereocenters. The van der Waals surface area contributed by atoms with Crippen LogP contribution >= 0.6 is 24.0 Å². The maximum atomic E-state index is 13.2. The number of rotatable bonds is 9. The Labute approximate surface area is 232 Å². The molecule has 0 aromatic heterocycles. The SMILES string of the molecule is CCOc1cc(/C=C2/SC(=S)N(c3ccc(N(C)C)cc3)C2=O)ccc1Oc1ccc([N+](=O)[O-])cc1[N+](=O)[O-]. The molecule has 1 saturated heterocycles. The van der Waals surface area contributed by atoms with Crippen LogP contribution in [0.3, 0.4) is 0 Å². The van der Waals surface area contributed by atoms with Gasteiger partial charge in [-0.3, -0.25) is 29.9 Å². The summed E-state index contributed by atoms with van der Waals surface area (Å²) in [6.07, 6.45) is 1.67. The van der Waals surface area contributed by atoms with E-state index in [0.29, 0.717) is 20.5 Å². The number of amides is 1. The number of nitrogens with zero attached hydrogens (tertiary/aromatic N) is 4. The van der Waals surface area contributed by atoms with Crippen molar-refractivity contribution in [2.24, 2.45) is 0 Å². The lowest BCUT2D eigenvalue weighted by molar-refractivity contribution is -0.394. The minimum atomic E-state index is -0.757. The first-order chi connectivity index (χ1) is 18.6. The van der Waals surface area contributed by atoms with Crippen molar-refractivity contribution in [2.45, 2.75) is 6.92 Å². The molecule has 0 saturated carbocycles. The van der Waals surface area contributed by atoms with Gasteiger partial charge < -0.3 is 14.4 Å². The molecular formula is C26H22N4O7S2. The highest BCUT2D eigenvalue weighted by Gasteiger charge is 2.33. The topological polar surface area (TPSA) is 128 Å². The monoisotopic (exact) mass is 566 g/mol. The number of anilines is 2. The zero-order chi connectivity index (χ0) is 28.3. The van der Waals surface area contributed by atoms with Gasteiger partial charge in [-0.25, -0.2) is 0 Å². The maximum Gasteiger partial charge on any atom is 0.318 e. The molecule has 0 unspecified atom stereocenters. The molecule has 4 rings (SSSR count). The number of thiocarbonyl (C=S) groups is 1. The first-order valence-electron chi connectivity index (χ1n) is 11.5. The molecule has 13 heteroatoms.